The molecule has 0 saturated carbocycles. The molecule has 1 aliphatic heterocycles. The van der Waals surface area contributed by atoms with Crippen LogP contribution in [0.25, 0.3) is 0 Å². The predicted octanol–water partition coefficient (Wildman–Crippen LogP) is 1.82. The highest BCUT2D eigenvalue weighted by atomic mass is 35.5. The maximum atomic E-state index is 11.3. The topological polar surface area (TPSA) is 66.3 Å². The first kappa shape index (κ1) is 12.1. The minimum atomic E-state index is -0.738. The van der Waals surface area contributed by atoms with Crippen molar-refractivity contribution >= 4 is 23.4 Å². The Balaban J connectivity index is 2.20. The van der Waals surface area contributed by atoms with Crippen molar-refractivity contribution in [1.29, 1.82) is 0 Å². The number of rotatable bonds is 3. The molecule has 92 valence electrons. The molecular formula is C11H14ClN3O2. The zero-order valence-electron chi connectivity index (χ0n) is 9.56. The molecule has 1 aromatic heterocycles. The minimum absolute atomic E-state index is 0.326. The van der Waals surface area contributed by atoms with Crippen LogP contribution < -0.4 is 4.90 Å². The van der Waals surface area contributed by atoms with Crippen molar-refractivity contribution in [3.8, 4) is 0 Å². The first-order chi connectivity index (χ1) is 8.07. The molecule has 0 radical (unpaired) electrons. The second kappa shape index (κ2) is 4.49. The van der Waals surface area contributed by atoms with Crippen molar-refractivity contribution in [2.24, 2.45) is 5.41 Å². The molecule has 0 aromatic carbocycles. The van der Waals surface area contributed by atoms with E-state index in [-0.39, 0.29) is 0 Å². The van der Waals surface area contributed by atoms with Gasteiger partial charge in [0.15, 0.2) is 0 Å². The van der Waals surface area contributed by atoms with E-state index in [4.69, 9.17) is 11.6 Å². The maximum absolute atomic E-state index is 11.3. The average Bonchev–Trinajstić information content (AvgIpc) is 2.74. The van der Waals surface area contributed by atoms with E-state index in [1.807, 2.05) is 11.8 Å². The third-order valence-electron chi connectivity index (χ3n) is 3.40. The summed E-state index contributed by atoms with van der Waals surface area (Å²) in [6.07, 6.45) is 4.32. The van der Waals surface area contributed by atoms with Gasteiger partial charge < -0.3 is 10.0 Å². The molecule has 1 N–H and O–H groups in total. The molecule has 5 nitrogen and oxygen atoms in total. The molecule has 0 bridgehead atoms. The monoisotopic (exact) mass is 255 g/mol. The summed E-state index contributed by atoms with van der Waals surface area (Å²) in [7, 11) is 0. The van der Waals surface area contributed by atoms with Crippen molar-refractivity contribution in [2.45, 2.75) is 19.8 Å². The van der Waals surface area contributed by atoms with E-state index in [0.29, 0.717) is 36.9 Å². The van der Waals surface area contributed by atoms with Crippen LogP contribution in [0.3, 0.4) is 0 Å². The Labute approximate surface area is 104 Å². The lowest BCUT2D eigenvalue weighted by Gasteiger charge is -2.23. The first-order valence-electron chi connectivity index (χ1n) is 5.53. The van der Waals surface area contributed by atoms with Gasteiger partial charge in [-0.3, -0.25) is 9.78 Å². The third kappa shape index (κ3) is 2.20. The lowest BCUT2D eigenvalue weighted by Crippen LogP contribution is -2.34. The number of hydrogen-bond donors (Lipinski definition) is 1. The molecule has 1 aliphatic rings. The number of aromatic nitrogens is 2. The Morgan fingerprint density at radius 2 is 2.41 bits per heavy atom. The van der Waals surface area contributed by atoms with Crippen LogP contribution in [0.4, 0.5) is 5.82 Å². The van der Waals surface area contributed by atoms with Gasteiger partial charge in [0.25, 0.3) is 0 Å². The Bertz CT molecular complexity index is 440. The number of carboxylic acids is 1. The molecule has 1 aromatic rings. The van der Waals surface area contributed by atoms with Gasteiger partial charge in [-0.2, -0.15) is 0 Å². The van der Waals surface area contributed by atoms with Gasteiger partial charge in [-0.05, 0) is 12.8 Å². The lowest BCUT2D eigenvalue weighted by molar-refractivity contribution is -0.147. The van der Waals surface area contributed by atoms with Crippen LogP contribution in [-0.2, 0) is 4.79 Å². The largest absolute Gasteiger partial charge is 0.481 e. The summed E-state index contributed by atoms with van der Waals surface area (Å²) in [5.41, 5.74) is -0.663. The zero-order chi connectivity index (χ0) is 12.5. The fraction of sp³-hybridized carbons (Fsp3) is 0.545. The highest BCUT2D eigenvalue weighted by molar-refractivity contribution is 6.29. The molecule has 1 unspecified atom stereocenters. The van der Waals surface area contributed by atoms with Crippen molar-refractivity contribution < 1.29 is 9.90 Å². The molecular weight excluding hydrogens is 242 g/mol. The molecule has 2 heterocycles. The van der Waals surface area contributed by atoms with Gasteiger partial charge in [-0.1, -0.05) is 18.5 Å². The standard InChI is InChI=1S/C11H14ClN3O2/c1-2-11(10(16)17)3-4-15(7-11)9-6-13-5-8(12)14-9/h5-6H,2-4,7H2,1H3,(H,16,17). The average molecular weight is 256 g/mol. The fourth-order valence-electron chi connectivity index (χ4n) is 2.17. The normalized spacial score (nSPS) is 24.0. The quantitative estimate of drug-likeness (QED) is 0.892. The summed E-state index contributed by atoms with van der Waals surface area (Å²) in [5.74, 6) is -0.0911. The Morgan fingerprint density at radius 3 is 2.94 bits per heavy atom. The van der Waals surface area contributed by atoms with Gasteiger partial charge in [-0.15, -0.1) is 0 Å². The molecule has 0 aliphatic carbocycles. The molecule has 17 heavy (non-hydrogen) atoms. The summed E-state index contributed by atoms with van der Waals surface area (Å²) < 4.78 is 0. The number of carbonyl (C=O) groups is 1. The smallest absolute Gasteiger partial charge is 0.311 e. The van der Waals surface area contributed by atoms with Gasteiger partial charge in [0.05, 0.1) is 17.8 Å². The van der Waals surface area contributed by atoms with Gasteiger partial charge in [-0.25, -0.2) is 4.98 Å². The van der Waals surface area contributed by atoms with Crippen LogP contribution in [0.1, 0.15) is 19.8 Å². The predicted molar refractivity (Wildman–Crippen MR) is 64.2 cm³/mol. The number of hydrogen-bond acceptors (Lipinski definition) is 4. The van der Waals surface area contributed by atoms with Gasteiger partial charge in [0.2, 0.25) is 0 Å². The number of aliphatic carboxylic acids is 1. The molecule has 1 fully saturated rings. The van der Waals surface area contributed by atoms with Crippen molar-refractivity contribution in [1.82, 2.24) is 9.97 Å². The Kier molecular flexibility index (Phi) is 3.19. The summed E-state index contributed by atoms with van der Waals surface area (Å²) in [6.45, 7) is 3.05. The van der Waals surface area contributed by atoms with E-state index in [9.17, 15) is 9.90 Å². The van der Waals surface area contributed by atoms with E-state index in [1.165, 1.54) is 6.20 Å². The summed E-state index contributed by atoms with van der Waals surface area (Å²) in [4.78, 5) is 21.4. The second-order valence-corrected chi connectivity index (χ2v) is 4.70. The van der Waals surface area contributed by atoms with Crippen LogP contribution in [0.5, 0.6) is 0 Å². The number of anilines is 1. The Morgan fingerprint density at radius 1 is 1.65 bits per heavy atom. The summed E-state index contributed by atoms with van der Waals surface area (Å²) >= 11 is 5.77. The number of carboxylic acid groups (broad SMARTS) is 1. The third-order valence-corrected chi connectivity index (χ3v) is 3.58. The molecule has 1 atom stereocenters. The van der Waals surface area contributed by atoms with E-state index in [2.05, 4.69) is 9.97 Å². The summed E-state index contributed by atoms with van der Waals surface area (Å²) in [6, 6.07) is 0. The summed E-state index contributed by atoms with van der Waals surface area (Å²) in [5, 5.41) is 9.62. The molecule has 2 rings (SSSR count). The zero-order valence-corrected chi connectivity index (χ0v) is 10.3. The van der Waals surface area contributed by atoms with Gasteiger partial charge in [0, 0.05) is 13.1 Å². The highest BCUT2D eigenvalue weighted by Crippen LogP contribution is 2.36. The van der Waals surface area contributed by atoms with Crippen LogP contribution in [0.15, 0.2) is 12.4 Å². The van der Waals surface area contributed by atoms with Crippen molar-refractivity contribution in [3.05, 3.63) is 17.5 Å². The van der Waals surface area contributed by atoms with Crippen molar-refractivity contribution in [2.75, 3.05) is 18.0 Å². The number of halogens is 1. The number of nitrogens with zero attached hydrogens (tertiary/aromatic N) is 3. The molecule has 6 heteroatoms. The van der Waals surface area contributed by atoms with Crippen LogP contribution >= 0.6 is 11.6 Å². The fourth-order valence-corrected chi connectivity index (χ4v) is 2.31. The van der Waals surface area contributed by atoms with Gasteiger partial charge in [0.1, 0.15) is 11.0 Å². The van der Waals surface area contributed by atoms with Gasteiger partial charge >= 0.3 is 5.97 Å². The first-order valence-corrected chi connectivity index (χ1v) is 5.91. The Hall–Kier alpha value is -1.36. The SMILES string of the molecule is CCC1(C(=O)O)CCN(c2cncc(Cl)n2)C1. The maximum Gasteiger partial charge on any atom is 0.311 e. The van der Waals surface area contributed by atoms with E-state index >= 15 is 0 Å². The minimum Gasteiger partial charge on any atom is -0.481 e. The van der Waals surface area contributed by atoms with Crippen LogP contribution in [0.2, 0.25) is 5.15 Å². The van der Waals surface area contributed by atoms with E-state index < -0.39 is 11.4 Å². The molecule has 1 saturated heterocycles. The molecule has 0 spiro atoms. The van der Waals surface area contributed by atoms with Crippen LogP contribution in [-0.4, -0.2) is 34.1 Å². The van der Waals surface area contributed by atoms with Crippen molar-refractivity contribution in [3.63, 3.8) is 0 Å². The second-order valence-electron chi connectivity index (χ2n) is 4.31. The molecule has 0 amide bonds. The van der Waals surface area contributed by atoms with E-state index in [1.54, 1.807) is 6.20 Å². The highest BCUT2D eigenvalue weighted by Gasteiger charge is 2.43. The lowest BCUT2D eigenvalue weighted by atomic mass is 9.84. The van der Waals surface area contributed by atoms with E-state index in [0.717, 1.165) is 0 Å². The van der Waals surface area contributed by atoms with Crippen LogP contribution in [0, 0.1) is 5.41 Å².